The molecule has 3 aliphatic carbocycles. The lowest BCUT2D eigenvalue weighted by atomic mass is 9.89. The summed E-state index contributed by atoms with van der Waals surface area (Å²) in [4.78, 5) is 0. The van der Waals surface area contributed by atoms with Gasteiger partial charge in [0, 0.05) is 29.9 Å². The highest BCUT2D eigenvalue weighted by molar-refractivity contribution is 5.79. The van der Waals surface area contributed by atoms with E-state index in [9.17, 15) is 0 Å². The second kappa shape index (κ2) is 8.16. The molecule has 0 bridgehead atoms. The van der Waals surface area contributed by atoms with Crippen LogP contribution in [0.15, 0.2) is 94.8 Å². The minimum absolute atomic E-state index is 0.0146. The molecular formula is C28H29N5. The predicted molar refractivity (Wildman–Crippen MR) is 133 cm³/mol. The quantitative estimate of drug-likeness (QED) is 0.300. The highest BCUT2D eigenvalue weighted by Crippen LogP contribution is 2.58. The Balaban J connectivity index is 1.51. The van der Waals surface area contributed by atoms with E-state index >= 15 is 0 Å². The van der Waals surface area contributed by atoms with Crippen LogP contribution in [0.5, 0.6) is 0 Å². The van der Waals surface area contributed by atoms with E-state index in [0.29, 0.717) is 12.5 Å². The molecule has 1 aromatic heterocycles. The zero-order valence-electron chi connectivity index (χ0n) is 19.0. The number of benzene rings is 2. The van der Waals surface area contributed by atoms with Crippen molar-refractivity contribution < 1.29 is 0 Å². The molecule has 166 valence electrons. The van der Waals surface area contributed by atoms with E-state index in [1.165, 1.54) is 39.2 Å². The molecule has 2 aromatic carbocycles. The molecule has 6 rings (SSSR count). The molecule has 2 unspecified atom stereocenters. The smallest absolute Gasteiger partial charge is 0.0835 e. The maximum absolute atomic E-state index is 4.33. The number of aromatic nitrogens is 1. The fourth-order valence-electron chi connectivity index (χ4n) is 5.71. The van der Waals surface area contributed by atoms with Crippen molar-refractivity contribution in [3.8, 4) is 22.4 Å². The van der Waals surface area contributed by atoms with Gasteiger partial charge in [0.1, 0.15) is 0 Å². The lowest BCUT2D eigenvalue weighted by molar-refractivity contribution is 0.544. The van der Waals surface area contributed by atoms with E-state index in [-0.39, 0.29) is 5.54 Å². The van der Waals surface area contributed by atoms with Crippen LogP contribution in [-0.4, -0.2) is 18.2 Å². The Bertz CT molecular complexity index is 1270. The third-order valence-corrected chi connectivity index (χ3v) is 7.27. The van der Waals surface area contributed by atoms with Gasteiger partial charge in [0.05, 0.1) is 12.1 Å². The Morgan fingerprint density at radius 3 is 2.76 bits per heavy atom. The van der Waals surface area contributed by atoms with Crippen LogP contribution in [-0.2, 0) is 18.4 Å². The fraction of sp³-hybridized carbons (Fsp3) is 0.286. The van der Waals surface area contributed by atoms with E-state index in [1.807, 2.05) is 0 Å². The Labute approximate surface area is 194 Å². The lowest BCUT2D eigenvalue weighted by Gasteiger charge is -2.26. The zero-order chi connectivity index (χ0) is 22.3. The van der Waals surface area contributed by atoms with E-state index in [0.717, 1.165) is 25.7 Å². The van der Waals surface area contributed by atoms with Gasteiger partial charge in [0.2, 0.25) is 0 Å². The van der Waals surface area contributed by atoms with E-state index in [1.54, 1.807) is 7.05 Å². The maximum Gasteiger partial charge on any atom is 0.0835 e. The van der Waals surface area contributed by atoms with Gasteiger partial charge in [0.25, 0.3) is 0 Å². The van der Waals surface area contributed by atoms with Crippen molar-refractivity contribution in [1.82, 2.24) is 15.5 Å². The normalized spacial score (nSPS) is 22.8. The number of allylic oxidation sites excluding steroid dienone is 3. The second-order valence-corrected chi connectivity index (χ2v) is 9.25. The lowest BCUT2D eigenvalue weighted by Crippen LogP contribution is -2.23. The Morgan fingerprint density at radius 2 is 1.88 bits per heavy atom. The molecule has 0 radical (unpaired) electrons. The summed E-state index contributed by atoms with van der Waals surface area (Å²) >= 11 is 0. The molecular weight excluding hydrogens is 406 g/mol. The first-order chi connectivity index (χ1) is 16.3. The van der Waals surface area contributed by atoms with Gasteiger partial charge in [-0.05, 0) is 54.0 Å². The first kappa shape index (κ1) is 20.2. The molecule has 5 heteroatoms. The number of hydrazine groups is 1. The van der Waals surface area contributed by atoms with Gasteiger partial charge < -0.3 is 4.57 Å². The summed E-state index contributed by atoms with van der Waals surface area (Å²) in [7, 11) is 1.79. The van der Waals surface area contributed by atoms with Crippen LogP contribution in [0, 0.1) is 5.92 Å². The maximum atomic E-state index is 4.33. The minimum atomic E-state index is -0.0146. The van der Waals surface area contributed by atoms with Crippen LogP contribution in [0.4, 0.5) is 0 Å². The predicted octanol–water partition coefficient (Wildman–Crippen LogP) is 5.61. The van der Waals surface area contributed by atoms with Crippen molar-refractivity contribution in [3.05, 3.63) is 95.7 Å². The molecule has 5 nitrogen and oxygen atoms in total. The molecule has 1 fully saturated rings. The van der Waals surface area contributed by atoms with Crippen LogP contribution in [0.2, 0.25) is 0 Å². The third kappa shape index (κ3) is 3.44. The Kier molecular flexibility index (Phi) is 4.99. The zero-order valence-corrected chi connectivity index (χ0v) is 19.0. The molecule has 33 heavy (non-hydrogen) atoms. The monoisotopic (exact) mass is 435 g/mol. The largest absolute Gasteiger partial charge is 0.334 e. The third-order valence-electron chi connectivity index (χ3n) is 7.27. The standard InChI is InChI=1S/C28H29N5/c1-29-31-32-30-19-20-8-7-12-23-18-28(23,17-20)33-26-15-14-21-9-5-6-13-24(21)25(26)16-27(33)22-10-3-2-4-11-22/h2-7,9-13,16-17,23H,8,14-15,18-19H2,1H3,(H,29,32)(H,30,31). The first-order valence-electron chi connectivity index (χ1n) is 11.8. The average Bonchev–Trinajstić information content (AvgIpc) is 3.43. The molecule has 0 amide bonds. The fourth-order valence-corrected chi connectivity index (χ4v) is 5.71. The van der Waals surface area contributed by atoms with Crippen LogP contribution >= 0.6 is 0 Å². The summed E-state index contributed by atoms with van der Waals surface area (Å²) in [5.41, 5.74) is 15.1. The van der Waals surface area contributed by atoms with Crippen molar-refractivity contribution in [3.63, 3.8) is 0 Å². The van der Waals surface area contributed by atoms with Gasteiger partial charge in [-0.1, -0.05) is 78.0 Å². The summed E-state index contributed by atoms with van der Waals surface area (Å²) in [6.07, 6.45) is 11.5. The topological polar surface area (TPSA) is 53.7 Å². The van der Waals surface area contributed by atoms with E-state index < -0.39 is 0 Å². The van der Waals surface area contributed by atoms with Crippen LogP contribution in [0.1, 0.15) is 24.1 Å². The number of nitrogens with zero attached hydrogens (tertiary/aromatic N) is 3. The summed E-state index contributed by atoms with van der Waals surface area (Å²) in [5, 5.41) is 8.32. The molecule has 1 saturated carbocycles. The Hall–Kier alpha value is -3.44. The summed E-state index contributed by atoms with van der Waals surface area (Å²) in [6, 6.07) is 22.2. The molecule has 2 atom stereocenters. The molecule has 0 spiro atoms. The van der Waals surface area contributed by atoms with Crippen molar-refractivity contribution in [2.45, 2.75) is 31.2 Å². The highest BCUT2D eigenvalue weighted by Gasteiger charge is 2.55. The number of hydrogen-bond acceptors (Lipinski definition) is 3. The molecule has 1 heterocycles. The van der Waals surface area contributed by atoms with E-state index in [2.05, 4.69) is 105 Å². The van der Waals surface area contributed by atoms with Gasteiger partial charge in [-0.15, -0.1) is 0 Å². The van der Waals surface area contributed by atoms with Crippen LogP contribution < -0.4 is 11.0 Å². The molecule has 2 N–H and O–H groups in total. The van der Waals surface area contributed by atoms with Gasteiger partial charge in [-0.25, -0.2) is 11.0 Å². The molecule has 0 aliphatic heterocycles. The van der Waals surface area contributed by atoms with Gasteiger partial charge in [-0.3, -0.25) is 0 Å². The van der Waals surface area contributed by atoms with Crippen LogP contribution in [0.25, 0.3) is 22.4 Å². The number of hydrogen-bond donors (Lipinski definition) is 2. The number of nitrogens with one attached hydrogen (secondary N) is 2. The molecule has 0 saturated heterocycles. The SMILES string of the molecule is CNNN=NCC1=CC2(n3c(-c4ccccc4)cc4c3CCc3ccccc3-4)CC2C=CC1. The van der Waals surface area contributed by atoms with E-state index in [4.69, 9.17) is 0 Å². The Morgan fingerprint density at radius 1 is 1.03 bits per heavy atom. The van der Waals surface area contributed by atoms with Crippen LogP contribution in [0.3, 0.4) is 0 Å². The van der Waals surface area contributed by atoms with Gasteiger partial charge >= 0.3 is 0 Å². The number of rotatable bonds is 6. The van der Waals surface area contributed by atoms with Crippen molar-refractivity contribution in [1.29, 1.82) is 0 Å². The van der Waals surface area contributed by atoms with Crippen molar-refractivity contribution in [2.24, 2.45) is 16.3 Å². The summed E-state index contributed by atoms with van der Waals surface area (Å²) in [6.45, 7) is 0.612. The van der Waals surface area contributed by atoms with Crippen molar-refractivity contribution >= 4 is 0 Å². The van der Waals surface area contributed by atoms with Gasteiger partial charge in [-0.2, -0.15) is 5.11 Å². The van der Waals surface area contributed by atoms with Crippen molar-refractivity contribution in [2.75, 3.05) is 13.6 Å². The van der Waals surface area contributed by atoms with Gasteiger partial charge in [0.15, 0.2) is 0 Å². The summed E-state index contributed by atoms with van der Waals surface area (Å²) < 4.78 is 2.68. The number of aryl methyl sites for hydroxylation is 1. The minimum Gasteiger partial charge on any atom is -0.334 e. The molecule has 3 aromatic rings. The first-order valence-corrected chi connectivity index (χ1v) is 11.8. The second-order valence-electron chi connectivity index (χ2n) is 9.25. The average molecular weight is 436 g/mol. The molecule has 3 aliphatic rings. The number of fused-ring (bicyclic) bond motifs is 4. The summed E-state index contributed by atoms with van der Waals surface area (Å²) in [5.74, 6) is 0.526. The highest BCUT2D eigenvalue weighted by atomic mass is 15.6.